The van der Waals surface area contributed by atoms with Gasteiger partial charge in [0, 0.05) is 16.7 Å². The number of halogens is 1. The third kappa shape index (κ3) is 3.49. The van der Waals surface area contributed by atoms with E-state index in [1.54, 1.807) is 12.1 Å². The van der Waals surface area contributed by atoms with Gasteiger partial charge in [0.2, 0.25) is 0 Å². The highest BCUT2D eigenvalue weighted by Crippen LogP contribution is 2.17. The lowest BCUT2D eigenvalue weighted by Gasteiger charge is -2.15. The minimum absolute atomic E-state index is 0.173. The molecule has 0 saturated heterocycles. The zero-order chi connectivity index (χ0) is 11.3. The summed E-state index contributed by atoms with van der Waals surface area (Å²) in [5, 5.41) is 22.2. The number of aromatic nitrogens is 1. The van der Waals surface area contributed by atoms with Crippen LogP contribution in [0.1, 0.15) is 11.7 Å². The molecule has 0 aromatic carbocycles. The summed E-state index contributed by atoms with van der Waals surface area (Å²) in [6.07, 6.45) is -0.784. The van der Waals surface area contributed by atoms with Crippen LogP contribution in [0.15, 0.2) is 28.0 Å². The van der Waals surface area contributed by atoms with Crippen LogP contribution >= 0.6 is 15.9 Å². The number of aliphatic hydroxyl groups excluding tert-OH is 2. The lowest BCUT2D eigenvalue weighted by atomic mass is 10.1. The Balaban J connectivity index is 2.70. The van der Waals surface area contributed by atoms with E-state index in [2.05, 4.69) is 30.9 Å². The standard InChI is InChI=1S/C8H9BrN4O2/c9-7-2-1-5(3-11-7)8(15)6(14)4-12-13-10/h1-3,6,8,14-15H,4H2. The molecular formula is C8H9BrN4O2. The van der Waals surface area contributed by atoms with Gasteiger partial charge in [-0.05, 0) is 27.5 Å². The highest BCUT2D eigenvalue weighted by molar-refractivity contribution is 9.10. The maximum absolute atomic E-state index is 9.62. The Morgan fingerprint density at radius 1 is 1.53 bits per heavy atom. The van der Waals surface area contributed by atoms with Crippen LogP contribution in [0.2, 0.25) is 0 Å². The van der Waals surface area contributed by atoms with E-state index in [-0.39, 0.29) is 6.54 Å². The topological polar surface area (TPSA) is 102 Å². The fraction of sp³-hybridized carbons (Fsp3) is 0.375. The monoisotopic (exact) mass is 272 g/mol. The summed E-state index contributed by atoms with van der Waals surface area (Å²) in [4.78, 5) is 6.40. The summed E-state index contributed by atoms with van der Waals surface area (Å²) >= 11 is 3.15. The van der Waals surface area contributed by atoms with E-state index in [9.17, 15) is 10.2 Å². The average molecular weight is 273 g/mol. The Morgan fingerprint density at radius 2 is 2.27 bits per heavy atom. The highest BCUT2D eigenvalue weighted by Gasteiger charge is 2.17. The summed E-state index contributed by atoms with van der Waals surface area (Å²) in [5.41, 5.74) is 8.52. The quantitative estimate of drug-likeness (QED) is 0.376. The second-order valence-electron chi connectivity index (χ2n) is 2.84. The lowest BCUT2D eigenvalue weighted by Crippen LogP contribution is -2.21. The molecule has 0 saturated carbocycles. The van der Waals surface area contributed by atoms with Crippen LogP contribution in [-0.4, -0.2) is 27.8 Å². The van der Waals surface area contributed by atoms with Crippen molar-refractivity contribution >= 4 is 15.9 Å². The second kappa shape index (κ2) is 5.67. The van der Waals surface area contributed by atoms with Crippen LogP contribution in [0.4, 0.5) is 0 Å². The summed E-state index contributed by atoms with van der Waals surface area (Å²) in [6.45, 7) is -0.173. The highest BCUT2D eigenvalue weighted by atomic mass is 79.9. The van der Waals surface area contributed by atoms with Crippen LogP contribution in [0.3, 0.4) is 0 Å². The number of azide groups is 1. The van der Waals surface area contributed by atoms with Crippen LogP contribution < -0.4 is 0 Å². The van der Waals surface area contributed by atoms with Gasteiger partial charge in [-0.2, -0.15) is 0 Å². The van der Waals surface area contributed by atoms with E-state index in [0.717, 1.165) is 0 Å². The van der Waals surface area contributed by atoms with Crippen molar-refractivity contribution in [2.45, 2.75) is 12.2 Å². The number of hydrogen-bond donors (Lipinski definition) is 2. The smallest absolute Gasteiger partial charge is 0.106 e. The molecule has 0 aliphatic heterocycles. The van der Waals surface area contributed by atoms with Crippen LogP contribution in [0, 0.1) is 0 Å². The first-order valence-corrected chi connectivity index (χ1v) is 4.93. The number of pyridine rings is 1. The van der Waals surface area contributed by atoms with Gasteiger partial charge in [0.25, 0.3) is 0 Å². The molecule has 1 rings (SSSR count). The first kappa shape index (κ1) is 11.9. The summed E-state index contributed by atoms with van der Waals surface area (Å²) in [5.74, 6) is 0. The molecule has 80 valence electrons. The molecule has 1 aromatic rings. The van der Waals surface area contributed by atoms with E-state index in [0.29, 0.717) is 10.2 Å². The molecule has 0 radical (unpaired) electrons. The molecule has 1 heterocycles. The normalized spacial score (nSPS) is 14.1. The molecule has 7 heteroatoms. The molecular weight excluding hydrogens is 264 g/mol. The molecule has 2 atom stereocenters. The zero-order valence-electron chi connectivity index (χ0n) is 7.66. The predicted octanol–water partition coefficient (Wildman–Crippen LogP) is 1.55. The molecule has 0 fully saturated rings. The molecule has 0 aliphatic rings. The van der Waals surface area contributed by atoms with E-state index in [4.69, 9.17) is 5.53 Å². The van der Waals surface area contributed by atoms with Crippen molar-refractivity contribution in [1.29, 1.82) is 0 Å². The van der Waals surface area contributed by atoms with E-state index >= 15 is 0 Å². The van der Waals surface area contributed by atoms with Gasteiger partial charge in [-0.3, -0.25) is 0 Å². The van der Waals surface area contributed by atoms with Gasteiger partial charge in [-0.25, -0.2) is 4.98 Å². The summed E-state index contributed by atoms with van der Waals surface area (Å²) < 4.78 is 0.642. The van der Waals surface area contributed by atoms with Crippen LogP contribution in [0.25, 0.3) is 10.4 Å². The number of hydrogen-bond acceptors (Lipinski definition) is 4. The zero-order valence-corrected chi connectivity index (χ0v) is 9.24. The van der Waals surface area contributed by atoms with Crippen molar-refractivity contribution in [3.8, 4) is 0 Å². The Hall–Kier alpha value is -1.14. The fourth-order valence-electron chi connectivity index (χ4n) is 1.00. The van der Waals surface area contributed by atoms with Gasteiger partial charge in [0.1, 0.15) is 10.7 Å². The molecule has 6 nitrogen and oxygen atoms in total. The predicted molar refractivity (Wildman–Crippen MR) is 56.9 cm³/mol. The Kier molecular flexibility index (Phi) is 4.51. The summed E-state index contributed by atoms with van der Waals surface area (Å²) in [6, 6.07) is 3.28. The van der Waals surface area contributed by atoms with Gasteiger partial charge in [-0.15, -0.1) is 0 Å². The number of rotatable bonds is 4. The van der Waals surface area contributed by atoms with Gasteiger partial charge in [-0.1, -0.05) is 11.2 Å². The van der Waals surface area contributed by atoms with E-state index in [1.807, 2.05) is 0 Å². The Labute approximate surface area is 94.3 Å². The molecule has 15 heavy (non-hydrogen) atoms. The first-order chi connectivity index (χ1) is 7.15. The van der Waals surface area contributed by atoms with Gasteiger partial charge < -0.3 is 10.2 Å². The fourth-order valence-corrected chi connectivity index (χ4v) is 1.24. The largest absolute Gasteiger partial charge is 0.390 e. The minimum atomic E-state index is -1.12. The third-order valence-electron chi connectivity index (χ3n) is 1.79. The molecule has 0 bridgehead atoms. The lowest BCUT2D eigenvalue weighted by molar-refractivity contribution is 0.0242. The van der Waals surface area contributed by atoms with Gasteiger partial charge in [0.05, 0.1) is 12.6 Å². The number of aliphatic hydroxyl groups is 2. The minimum Gasteiger partial charge on any atom is -0.390 e. The third-order valence-corrected chi connectivity index (χ3v) is 2.26. The van der Waals surface area contributed by atoms with E-state index < -0.39 is 12.2 Å². The van der Waals surface area contributed by atoms with Crippen molar-refractivity contribution in [2.24, 2.45) is 5.11 Å². The van der Waals surface area contributed by atoms with Crippen molar-refractivity contribution in [3.05, 3.63) is 38.9 Å². The number of nitrogens with zero attached hydrogens (tertiary/aromatic N) is 4. The second-order valence-corrected chi connectivity index (χ2v) is 3.65. The molecule has 2 unspecified atom stereocenters. The Morgan fingerprint density at radius 3 is 2.80 bits per heavy atom. The molecule has 2 N–H and O–H groups in total. The Bertz CT molecular complexity index is 363. The van der Waals surface area contributed by atoms with Gasteiger partial charge >= 0.3 is 0 Å². The molecule has 0 spiro atoms. The molecule has 0 aliphatic carbocycles. The van der Waals surface area contributed by atoms with Crippen molar-refractivity contribution in [1.82, 2.24) is 4.98 Å². The van der Waals surface area contributed by atoms with Crippen molar-refractivity contribution in [2.75, 3.05) is 6.54 Å². The molecule has 0 amide bonds. The summed E-state index contributed by atoms with van der Waals surface area (Å²) in [7, 11) is 0. The van der Waals surface area contributed by atoms with Crippen LogP contribution in [-0.2, 0) is 0 Å². The first-order valence-electron chi connectivity index (χ1n) is 4.13. The van der Waals surface area contributed by atoms with Gasteiger partial charge in [0.15, 0.2) is 0 Å². The van der Waals surface area contributed by atoms with Crippen molar-refractivity contribution < 1.29 is 10.2 Å². The maximum atomic E-state index is 9.62. The SMILES string of the molecule is [N-]=[N+]=NCC(O)C(O)c1ccc(Br)nc1. The van der Waals surface area contributed by atoms with E-state index in [1.165, 1.54) is 6.20 Å². The maximum Gasteiger partial charge on any atom is 0.106 e. The molecule has 1 aromatic heterocycles. The average Bonchev–Trinajstić information content (AvgIpc) is 2.26. The van der Waals surface area contributed by atoms with Crippen molar-refractivity contribution in [3.63, 3.8) is 0 Å². The van der Waals surface area contributed by atoms with Crippen LogP contribution in [0.5, 0.6) is 0 Å².